The molecule has 1 amide bonds. The topological polar surface area (TPSA) is 53.7 Å². The monoisotopic (exact) mass is 394 g/mol. The van der Waals surface area contributed by atoms with Gasteiger partial charge in [0.15, 0.2) is 5.69 Å². The smallest absolute Gasteiger partial charge is 0.379 e. The van der Waals surface area contributed by atoms with E-state index in [0.717, 1.165) is 16.5 Å². The SMILES string of the molecule is [C-]#[N+]c1ccc(NC(=O)[C@](C)(O)CSc2cccc(C)c2)cc1C(F)(F)F. The van der Waals surface area contributed by atoms with Crippen LogP contribution in [-0.4, -0.2) is 22.4 Å². The number of anilines is 1. The quantitative estimate of drug-likeness (QED) is 0.551. The van der Waals surface area contributed by atoms with E-state index in [2.05, 4.69) is 10.2 Å². The summed E-state index contributed by atoms with van der Waals surface area (Å²) in [6.45, 7) is 10.0. The van der Waals surface area contributed by atoms with Crippen molar-refractivity contribution in [2.45, 2.75) is 30.5 Å². The molecule has 0 unspecified atom stereocenters. The maximum Gasteiger partial charge on any atom is 0.407 e. The fourth-order valence-corrected chi connectivity index (χ4v) is 3.22. The van der Waals surface area contributed by atoms with E-state index in [1.165, 1.54) is 24.8 Å². The van der Waals surface area contributed by atoms with Gasteiger partial charge in [-0.1, -0.05) is 23.8 Å². The van der Waals surface area contributed by atoms with Gasteiger partial charge in [0.25, 0.3) is 5.91 Å². The minimum atomic E-state index is -4.72. The average Bonchev–Trinajstić information content (AvgIpc) is 2.59. The molecule has 0 fully saturated rings. The normalized spacial score (nSPS) is 13.5. The summed E-state index contributed by atoms with van der Waals surface area (Å²) in [5.41, 5.74) is -2.60. The van der Waals surface area contributed by atoms with E-state index in [1.54, 1.807) is 0 Å². The van der Waals surface area contributed by atoms with Crippen LogP contribution in [0.5, 0.6) is 0 Å². The number of carbonyl (C=O) groups is 1. The van der Waals surface area contributed by atoms with Crippen molar-refractivity contribution < 1.29 is 23.1 Å². The number of alkyl halides is 3. The number of rotatable bonds is 5. The molecule has 27 heavy (non-hydrogen) atoms. The molecule has 4 nitrogen and oxygen atoms in total. The molecule has 0 saturated carbocycles. The highest BCUT2D eigenvalue weighted by Gasteiger charge is 2.35. The van der Waals surface area contributed by atoms with E-state index >= 15 is 0 Å². The standard InChI is InChI=1S/C19H17F3N2O2S/c1-12-5-4-6-14(9-12)27-11-18(2,26)17(25)24-13-7-8-16(23-3)15(10-13)19(20,21)22/h4-10,26H,11H2,1-2H3,(H,24,25)/t18-/m1/s1. The molecule has 2 rings (SSSR count). The first-order valence-corrected chi connectivity index (χ1v) is 8.83. The van der Waals surface area contributed by atoms with Gasteiger partial charge < -0.3 is 10.4 Å². The van der Waals surface area contributed by atoms with Gasteiger partial charge in [0.2, 0.25) is 0 Å². The van der Waals surface area contributed by atoms with Crippen LogP contribution in [-0.2, 0) is 11.0 Å². The van der Waals surface area contributed by atoms with E-state index in [4.69, 9.17) is 6.57 Å². The summed E-state index contributed by atoms with van der Waals surface area (Å²) in [6.07, 6.45) is -4.72. The molecule has 0 heterocycles. The van der Waals surface area contributed by atoms with Crippen molar-refractivity contribution in [2.24, 2.45) is 0 Å². The zero-order chi connectivity index (χ0) is 20.2. The number of aliphatic hydroxyl groups is 1. The maximum atomic E-state index is 13.0. The molecule has 0 aliphatic carbocycles. The van der Waals surface area contributed by atoms with Crippen LogP contribution in [0, 0.1) is 13.5 Å². The van der Waals surface area contributed by atoms with Gasteiger partial charge in [0.05, 0.1) is 12.1 Å². The van der Waals surface area contributed by atoms with Crippen LogP contribution < -0.4 is 5.32 Å². The molecule has 142 valence electrons. The minimum Gasteiger partial charge on any atom is -0.379 e. The van der Waals surface area contributed by atoms with Gasteiger partial charge in [-0.3, -0.25) is 4.79 Å². The van der Waals surface area contributed by atoms with Crippen molar-refractivity contribution in [3.8, 4) is 0 Å². The minimum absolute atomic E-state index is 0.0224. The predicted molar refractivity (Wildman–Crippen MR) is 98.9 cm³/mol. The summed E-state index contributed by atoms with van der Waals surface area (Å²) >= 11 is 1.26. The summed E-state index contributed by atoms with van der Waals surface area (Å²) < 4.78 is 39.1. The summed E-state index contributed by atoms with van der Waals surface area (Å²) in [7, 11) is 0. The summed E-state index contributed by atoms with van der Waals surface area (Å²) in [5.74, 6) is -0.805. The lowest BCUT2D eigenvalue weighted by Gasteiger charge is -2.22. The second kappa shape index (κ2) is 8.03. The van der Waals surface area contributed by atoms with Gasteiger partial charge in [0.1, 0.15) is 5.60 Å². The van der Waals surface area contributed by atoms with Crippen molar-refractivity contribution in [1.29, 1.82) is 0 Å². The molecule has 0 spiro atoms. The lowest BCUT2D eigenvalue weighted by atomic mass is 10.1. The molecule has 0 aromatic heterocycles. The van der Waals surface area contributed by atoms with Crippen LogP contribution in [0.3, 0.4) is 0 Å². The number of amides is 1. The predicted octanol–water partition coefficient (Wildman–Crippen LogP) is 5.05. The first-order chi connectivity index (χ1) is 12.5. The fourth-order valence-electron chi connectivity index (χ4n) is 2.20. The number of hydrogen-bond donors (Lipinski definition) is 2. The Balaban J connectivity index is 2.12. The highest BCUT2D eigenvalue weighted by atomic mass is 32.2. The number of carbonyl (C=O) groups excluding carboxylic acids is 1. The number of halogens is 3. The molecule has 1 atom stereocenters. The van der Waals surface area contributed by atoms with Crippen molar-refractivity contribution in [3.63, 3.8) is 0 Å². The van der Waals surface area contributed by atoms with Crippen LogP contribution in [0.25, 0.3) is 4.85 Å². The first-order valence-electron chi connectivity index (χ1n) is 7.85. The van der Waals surface area contributed by atoms with Crippen LogP contribution >= 0.6 is 11.8 Å². The van der Waals surface area contributed by atoms with Crippen molar-refractivity contribution in [3.05, 3.63) is 65.0 Å². The molecule has 0 aliphatic rings. The third-order valence-corrected chi connectivity index (χ3v) is 4.97. The lowest BCUT2D eigenvalue weighted by molar-refractivity contribution is -0.137. The van der Waals surface area contributed by atoms with Gasteiger partial charge in [-0.05, 0) is 38.1 Å². The summed E-state index contributed by atoms with van der Waals surface area (Å²) in [4.78, 5) is 16.0. The Bertz CT molecular complexity index is 889. The van der Waals surface area contributed by atoms with Crippen LogP contribution in [0.4, 0.5) is 24.5 Å². The lowest BCUT2D eigenvalue weighted by Crippen LogP contribution is -2.42. The Morgan fingerprint density at radius 3 is 2.56 bits per heavy atom. The Morgan fingerprint density at radius 2 is 1.96 bits per heavy atom. The molecule has 8 heteroatoms. The number of nitrogens with one attached hydrogen (secondary N) is 1. The molecule has 0 saturated heterocycles. The van der Waals surface area contributed by atoms with Crippen molar-refractivity contribution in [2.75, 3.05) is 11.1 Å². The number of thioether (sulfide) groups is 1. The van der Waals surface area contributed by atoms with E-state index < -0.39 is 28.9 Å². The van der Waals surface area contributed by atoms with Crippen LogP contribution in [0.2, 0.25) is 0 Å². The van der Waals surface area contributed by atoms with E-state index in [1.807, 2.05) is 31.2 Å². The second-order valence-electron chi connectivity index (χ2n) is 6.17. The molecule has 2 aromatic rings. The third kappa shape index (κ3) is 5.49. The molecular formula is C19H17F3N2O2S. The Labute approximate surface area is 159 Å². The van der Waals surface area contributed by atoms with Gasteiger partial charge in [0, 0.05) is 16.3 Å². The Hall–Kier alpha value is -2.50. The number of benzene rings is 2. The maximum absolute atomic E-state index is 13.0. The van der Waals surface area contributed by atoms with E-state index in [9.17, 15) is 23.1 Å². The fraction of sp³-hybridized carbons (Fsp3) is 0.263. The zero-order valence-electron chi connectivity index (χ0n) is 14.6. The van der Waals surface area contributed by atoms with Gasteiger partial charge >= 0.3 is 6.18 Å². The van der Waals surface area contributed by atoms with Crippen molar-refractivity contribution >= 4 is 29.0 Å². The van der Waals surface area contributed by atoms with Gasteiger partial charge in [-0.15, -0.1) is 11.8 Å². The molecule has 2 aromatic carbocycles. The average molecular weight is 394 g/mol. The first kappa shape index (κ1) is 20.8. The Kier molecular flexibility index (Phi) is 6.19. The highest BCUT2D eigenvalue weighted by molar-refractivity contribution is 7.99. The molecule has 0 radical (unpaired) electrons. The summed E-state index contributed by atoms with van der Waals surface area (Å²) in [5, 5.41) is 12.7. The highest BCUT2D eigenvalue weighted by Crippen LogP contribution is 2.38. The Morgan fingerprint density at radius 1 is 1.26 bits per heavy atom. The molecule has 0 bridgehead atoms. The summed E-state index contributed by atoms with van der Waals surface area (Å²) in [6, 6.07) is 10.4. The number of nitrogens with zero attached hydrogens (tertiary/aromatic N) is 1. The van der Waals surface area contributed by atoms with Gasteiger partial charge in [-0.2, -0.15) is 13.2 Å². The van der Waals surface area contributed by atoms with Crippen LogP contribution in [0.15, 0.2) is 47.4 Å². The van der Waals surface area contributed by atoms with E-state index in [-0.39, 0.29) is 11.4 Å². The zero-order valence-corrected chi connectivity index (χ0v) is 15.4. The number of aryl methyl sites for hydroxylation is 1. The molecule has 2 N–H and O–H groups in total. The molecular weight excluding hydrogens is 377 g/mol. The number of hydrogen-bond acceptors (Lipinski definition) is 3. The third-order valence-electron chi connectivity index (χ3n) is 3.68. The largest absolute Gasteiger partial charge is 0.407 e. The van der Waals surface area contributed by atoms with E-state index in [0.29, 0.717) is 6.07 Å². The van der Waals surface area contributed by atoms with Crippen molar-refractivity contribution in [1.82, 2.24) is 0 Å². The molecule has 0 aliphatic heterocycles. The van der Waals surface area contributed by atoms with Crippen LogP contribution in [0.1, 0.15) is 18.1 Å². The second-order valence-corrected chi connectivity index (χ2v) is 7.22. The van der Waals surface area contributed by atoms with Gasteiger partial charge in [-0.25, -0.2) is 4.85 Å².